The minimum atomic E-state index is -0.163. The molecule has 1 N–H and O–H groups in total. The average Bonchev–Trinajstić information content (AvgIpc) is 3.01. The first kappa shape index (κ1) is 13.7. The first-order valence-electron chi connectivity index (χ1n) is 7.96. The molecule has 1 saturated carbocycles. The van der Waals surface area contributed by atoms with Crippen molar-refractivity contribution >= 4 is 5.69 Å². The van der Waals surface area contributed by atoms with Crippen LogP contribution in [0.25, 0.3) is 11.3 Å². The summed E-state index contributed by atoms with van der Waals surface area (Å²) >= 11 is 0. The summed E-state index contributed by atoms with van der Waals surface area (Å²) in [7, 11) is 0. The summed E-state index contributed by atoms with van der Waals surface area (Å²) in [5, 5.41) is 10.5. The van der Waals surface area contributed by atoms with Gasteiger partial charge in [-0.25, -0.2) is 4.39 Å². The van der Waals surface area contributed by atoms with Crippen molar-refractivity contribution in [3.8, 4) is 11.3 Å². The molecular formula is C16H20FN5. The van der Waals surface area contributed by atoms with E-state index in [2.05, 4.69) is 25.2 Å². The van der Waals surface area contributed by atoms with Gasteiger partial charge < -0.3 is 4.90 Å². The topological polar surface area (TPSA) is 48.1 Å². The molecule has 0 radical (unpaired) electrons. The molecule has 1 aliphatic heterocycles. The SMILES string of the molecule is Fc1ccc(-c2cn[nH]n2)cc1N1CCN(C2CCC2)CC1. The third kappa shape index (κ3) is 2.47. The second kappa shape index (κ2) is 5.68. The van der Waals surface area contributed by atoms with Gasteiger partial charge >= 0.3 is 0 Å². The van der Waals surface area contributed by atoms with Gasteiger partial charge in [0.1, 0.15) is 11.5 Å². The normalized spacial score (nSPS) is 20.1. The lowest BCUT2D eigenvalue weighted by Crippen LogP contribution is -2.52. The van der Waals surface area contributed by atoms with E-state index in [0.29, 0.717) is 5.69 Å². The Morgan fingerprint density at radius 3 is 2.59 bits per heavy atom. The third-order valence-electron chi connectivity index (χ3n) is 4.90. The maximum Gasteiger partial charge on any atom is 0.146 e. The van der Waals surface area contributed by atoms with E-state index in [-0.39, 0.29) is 5.82 Å². The van der Waals surface area contributed by atoms with Crippen LogP contribution in [0.2, 0.25) is 0 Å². The number of hydrogen-bond donors (Lipinski definition) is 1. The highest BCUT2D eigenvalue weighted by Crippen LogP contribution is 2.29. The van der Waals surface area contributed by atoms with Crippen molar-refractivity contribution in [1.82, 2.24) is 20.3 Å². The molecule has 1 aromatic carbocycles. The Balaban J connectivity index is 1.51. The molecule has 116 valence electrons. The standard InChI is InChI=1S/C16H20FN5/c17-14-5-4-12(15-11-18-20-19-15)10-16(14)22-8-6-21(7-9-22)13-2-1-3-13/h4-5,10-11,13H,1-3,6-9H2,(H,18,19,20). The summed E-state index contributed by atoms with van der Waals surface area (Å²) in [6.07, 6.45) is 5.68. The van der Waals surface area contributed by atoms with E-state index in [1.165, 1.54) is 25.3 Å². The van der Waals surface area contributed by atoms with Gasteiger partial charge in [0.25, 0.3) is 0 Å². The lowest BCUT2D eigenvalue weighted by Gasteiger charge is -2.43. The highest BCUT2D eigenvalue weighted by atomic mass is 19.1. The van der Waals surface area contributed by atoms with Gasteiger partial charge in [-0.05, 0) is 31.0 Å². The van der Waals surface area contributed by atoms with Crippen LogP contribution in [-0.4, -0.2) is 52.5 Å². The lowest BCUT2D eigenvalue weighted by atomic mass is 9.91. The Morgan fingerprint density at radius 1 is 1.14 bits per heavy atom. The molecule has 0 bridgehead atoms. The zero-order chi connectivity index (χ0) is 14.9. The first-order chi connectivity index (χ1) is 10.8. The summed E-state index contributed by atoms with van der Waals surface area (Å²) in [5.41, 5.74) is 2.31. The number of H-pyrrole nitrogens is 1. The van der Waals surface area contributed by atoms with Crippen LogP contribution in [0, 0.1) is 5.82 Å². The molecule has 4 rings (SSSR count). The maximum atomic E-state index is 14.2. The van der Waals surface area contributed by atoms with Crippen molar-refractivity contribution in [3.63, 3.8) is 0 Å². The highest BCUT2D eigenvalue weighted by Gasteiger charge is 2.28. The van der Waals surface area contributed by atoms with Crippen molar-refractivity contribution in [2.24, 2.45) is 0 Å². The van der Waals surface area contributed by atoms with Crippen LogP contribution >= 0.6 is 0 Å². The van der Waals surface area contributed by atoms with Gasteiger partial charge in [0.05, 0.1) is 11.9 Å². The number of aromatic nitrogens is 3. The molecule has 2 aliphatic rings. The smallest absolute Gasteiger partial charge is 0.146 e. The second-order valence-electron chi connectivity index (χ2n) is 6.13. The largest absolute Gasteiger partial charge is 0.367 e. The Morgan fingerprint density at radius 2 is 1.95 bits per heavy atom. The summed E-state index contributed by atoms with van der Waals surface area (Å²) in [6, 6.07) is 5.93. The zero-order valence-corrected chi connectivity index (χ0v) is 12.5. The molecule has 2 fully saturated rings. The van der Waals surface area contributed by atoms with Crippen molar-refractivity contribution in [2.75, 3.05) is 31.1 Å². The van der Waals surface area contributed by atoms with Crippen LogP contribution in [-0.2, 0) is 0 Å². The number of benzene rings is 1. The Labute approximate surface area is 129 Å². The molecule has 1 aliphatic carbocycles. The van der Waals surface area contributed by atoms with Crippen LogP contribution in [0.3, 0.4) is 0 Å². The Hall–Kier alpha value is -1.95. The predicted molar refractivity (Wildman–Crippen MR) is 83.2 cm³/mol. The molecule has 0 atom stereocenters. The van der Waals surface area contributed by atoms with Crippen molar-refractivity contribution in [1.29, 1.82) is 0 Å². The number of rotatable bonds is 3. The Kier molecular flexibility index (Phi) is 3.54. The number of nitrogens with one attached hydrogen (secondary N) is 1. The van der Waals surface area contributed by atoms with E-state index in [0.717, 1.165) is 43.5 Å². The van der Waals surface area contributed by atoms with Crippen LogP contribution in [0.1, 0.15) is 19.3 Å². The van der Waals surface area contributed by atoms with E-state index >= 15 is 0 Å². The van der Waals surface area contributed by atoms with Gasteiger partial charge in [-0.3, -0.25) is 4.90 Å². The van der Waals surface area contributed by atoms with E-state index < -0.39 is 0 Å². The van der Waals surface area contributed by atoms with Crippen molar-refractivity contribution < 1.29 is 4.39 Å². The van der Waals surface area contributed by atoms with Gasteiger partial charge in [-0.15, -0.1) is 0 Å². The van der Waals surface area contributed by atoms with Gasteiger partial charge in [-0.2, -0.15) is 15.4 Å². The molecule has 1 aromatic heterocycles. The molecule has 2 heterocycles. The second-order valence-corrected chi connectivity index (χ2v) is 6.13. The minimum absolute atomic E-state index is 0.163. The summed E-state index contributed by atoms with van der Waals surface area (Å²) in [4.78, 5) is 4.70. The number of hydrogen-bond acceptors (Lipinski definition) is 4. The maximum absolute atomic E-state index is 14.2. The minimum Gasteiger partial charge on any atom is -0.367 e. The fourth-order valence-corrected chi connectivity index (χ4v) is 3.33. The summed E-state index contributed by atoms with van der Waals surface area (Å²) < 4.78 is 14.2. The van der Waals surface area contributed by atoms with E-state index in [1.807, 2.05) is 6.07 Å². The van der Waals surface area contributed by atoms with Crippen LogP contribution < -0.4 is 4.90 Å². The van der Waals surface area contributed by atoms with E-state index in [4.69, 9.17) is 0 Å². The fraction of sp³-hybridized carbons (Fsp3) is 0.500. The van der Waals surface area contributed by atoms with Crippen LogP contribution in [0.4, 0.5) is 10.1 Å². The van der Waals surface area contributed by atoms with Crippen molar-refractivity contribution in [3.05, 3.63) is 30.2 Å². The van der Waals surface area contributed by atoms with E-state index in [1.54, 1.807) is 12.3 Å². The number of halogens is 1. The quantitative estimate of drug-likeness (QED) is 0.945. The highest BCUT2D eigenvalue weighted by molar-refractivity contribution is 5.65. The number of aromatic amines is 1. The third-order valence-corrected chi connectivity index (χ3v) is 4.90. The average molecular weight is 301 g/mol. The molecule has 2 aromatic rings. The summed E-state index contributed by atoms with van der Waals surface area (Å²) in [6.45, 7) is 3.82. The summed E-state index contributed by atoms with van der Waals surface area (Å²) in [5.74, 6) is -0.163. The fourth-order valence-electron chi connectivity index (χ4n) is 3.33. The van der Waals surface area contributed by atoms with Crippen molar-refractivity contribution in [2.45, 2.75) is 25.3 Å². The number of anilines is 1. The molecule has 5 nitrogen and oxygen atoms in total. The molecular weight excluding hydrogens is 281 g/mol. The number of nitrogens with zero attached hydrogens (tertiary/aromatic N) is 4. The van der Waals surface area contributed by atoms with Crippen LogP contribution in [0.15, 0.2) is 24.4 Å². The molecule has 1 saturated heterocycles. The molecule has 6 heteroatoms. The molecule has 22 heavy (non-hydrogen) atoms. The van der Waals surface area contributed by atoms with Gasteiger partial charge in [0.2, 0.25) is 0 Å². The lowest BCUT2D eigenvalue weighted by molar-refractivity contribution is 0.120. The zero-order valence-electron chi connectivity index (χ0n) is 12.5. The predicted octanol–water partition coefficient (Wildman–Crippen LogP) is 2.29. The molecule has 0 spiro atoms. The molecule has 0 amide bonds. The van der Waals surface area contributed by atoms with Gasteiger partial charge in [0, 0.05) is 37.8 Å². The monoisotopic (exact) mass is 301 g/mol. The van der Waals surface area contributed by atoms with E-state index in [9.17, 15) is 4.39 Å². The van der Waals surface area contributed by atoms with Gasteiger partial charge in [0.15, 0.2) is 0 Å². The van der Waals surface area contributed by atoms with Crippen LogP contribution in [0.5, 0.6) is 0 Å². The molecule has 0 unspecified atom stereocenters. The van der Waals surface area contributed by atoms with Gasteiger partial charge in [-0.1, -0.05) is 6.42 Å². The number of piperazine rings is 1. The Bertz CT molecular complexity index is 630. The first-order valence-corrected chi connectivity index (χ1v) is 7.96.